The summed E-state index contributed by atoms with van der Waals surface area (Å²) in [5.41, 5.74) is 2.14. The topological polar surface area (TPSA) is 116 Å². The summed E-state index contributed by atoms with van der Waals surface area (Å²) in [6.45, 7) is 7.98. The van der Waals surface area contributed by atoms with Crippen LogP contribution >= 0.6 is 0 Å². The molecule has 4 atom stereocenters. The molecule has 4 aromatic rings. The normalized spacial score (nSPS) is 25.3. The second-order valence-corrected chi connectivity index (χ2v) is 19.3. The molecule has 11 nitrogen and oxygen atoms in total. The smallest absolute Gasteiger partial charge is 0.264 e. The number of rotatable bonds is 10. The second-order valence-electron chi connectivity index (χ2n) is 15.5. The molecule has 2 spiro atoms. The lowest BCUT2D eigenvalue weighted by Gasteiger charge is -2.39. The van der Waals surface area contributed by atoms with Crippen molar-refractivity contribution in [3.05, 3.63) is 102 Å². The number of aryl methyl sites for hydroxylation is 1. The summed E-state index contributed by atoms with van der Waals surface area (Å²) < 4.78 is 25.4. The number of hydrogen-bond donors (Lipinski definition) is 2. The fraction of sp³-hybridized carbons (Fsp3) is 0.450. The van der Waals surface area contributed by atoms with Crippen LogP contribution in [0.15, 0.2) is 85.1 Å². The largest absolute Gasteiger partial charge is 0.396 e. The number of anilines is 3. The molecule has 1 aromatic heterocycles. The van der Waals surface area contributed by atoms with Crippen molar-refractivity contribution in [2.24, 2.45) is 5.92 Å². The highest BCUT2D eigenvalue weighted by Gasteiger charge is 2.67. The summed E-state index contributed by atoms with van der Waals surface area (Å²) in [6, 6.07) is 25.8. The van der Waals surface area contributed by atoms with Gasteiger partial charge in [0.25, 0.3) is 11.8 Å². The zero-order chi connectivity index (χ0) is 37.0. The molecule has 5 heterocycles. The van der Waals surface area contributed by atoms with Crippen molar-refractivity contribution in [3.63, 3.8) is 0 Å². The lowest BCUT2D eigenvalue weighted by molar-refractivity contribution is -0.146. The SMILES string of the molecule is C[C@@H]1[C@@H]([Si](C)(C)F)[C@H](CCn2cc(CCO)nn2)O[C@@]12C(=O)N(Cc1ccccc1)c1ccc(N3CN(c4ccccc4)C4(CCNCC4)C3=O)cc12. The Morgan fingerprint density at radius 3 is 2.40 bits per heavy atom. The zero-order valence-electron chi connectivity index (χ0n) is 30.6. The number of carbonyl (C=O) groups is 2. The Balaban J connectivity index is 1.20. The first kappa shape index (κ1) is 35.6. The van der Waals surface area contributed by atoms with Gasteiger partial charge in [0.15, 0.2) is 5.60 Å². The number of carbonyl (C=O) groups excluding carboxylic acids is 2. The third-order valence-electron chi connectivity index (χ3n) is 12.0. The average molecular weight is 738 g/mol. The number of ether oxygens (including phenoxy) is 1. The molecule has 0 saturated carbocycles. The van der Waals surface area contributed by atoms with Crippen LogP contribution in [0.25, 0.3) is 0 Å². The molecule has 13 heteroatoms. The van der Waals surface area contributed by atoms with Crippen molar-refractivity contribution in [3.8, 4) is 0 Å². The van der Waals surface area contributed by atoms with Crippen molar-refractivity contribution < 1.29 is 23.5 Å². The molecule has 8 rings (SSSR count). The molecule has 0 radical (unpaired) electrons. The maximum atomic E-state index is 16.6. The molecule has 278 valence electrons. The van der Waals surface area contributed by atoms with Gasteiger partial charge in [0.05, 0.1) is 30.7 Å². The highest BCUT2D eigenvalue weighted by molar-refractivity contribution is 6.72. The van der Waals surface area contributed by atoms with Crippen LogP contribution in [-0.2, 0) is 39.4 Å². The van der Waals surface area contributed by atoms with Gasteiger partial charge in [-0.15, -0.1) is 5.10 Å². The summed E-state index contributed by atoms with van der Waals surface area (Å²) in [6.07, 6.45) is 3.44. The zero-order valence-corrected chi connectivity index (χ0v) is 31.6. The Kier molecular flexibility index (Phi) is 9.24. The van der Waals surface area contributed by atoms with E-state index in [-0.39, 0.29) is 18.4 Å². The van der Waals surface area contributed by atoms with Gasteiger partial charge in [-0.25, -0.2) is 0 Å². The van der Waals surface area contributed by atoms with E-state index in [0.717, 1.165) is 30.0 Å². The van der Waals surface area contributed by atoms with Gasteiger partial charge in [0.2, 0.25) is 8.41 Å². The van der Waals surface area contributed by atoms with E-state index in [9.17, 15) is 9.90 Å². The monoisotopic (exact) mass is 737 g/mol. The van der Waals surface area contributed by atoms with Gasteiger partial charge >= 0.3 is 0 Å². The van der Waals surface area contributed by atoms with E-state index in [1.54, 1.807) is 28.9 Å². The Hall–Kier alpha value is -4.43. The minimum Gasteiger partial charge on any atom is -0.396 e. The van der Waals surface area contributed by atoms with Gasteiger partial charge < -0.3 is 29.1 Å². The Morgan fingerprint density at radius 1 is 0.981 bits per heavy atom. The lowest BCUT2D eigenvalue weighted by atomic mass is 9.82. The summed E-state index contributed by atoms with van der Waals surface area (Å²) >= 11 is 0. The predicted molar refractivity (Wildman–Crippen MR) is 204 cm³/mol. The fourth-order valence-corrected chi connectivity index (χ4v) is 12.0. The van der Waals surface area contributed by atoms with E-state index in [1.807, 2.05) is 78.6 Å². The van der Waals surface area contributed by atoms with Crippen molar-refractivity contribution in [1.82, 2.24) is 20.3 Å². The van der Waals surface area contributed by atoms with Crippen molar-refractivity contribution in [2.45, 2.75) is 81.6 Å². The number of nitrogens with zero attached hydrogens (tertiary/aromatic N) is 6. The minimum atomic E-state index is -3.41. The maximum Gasteiger partial charge on any atom is 0.264 e. The lowest BCUT2D eigenvalue weighted by Crippen LogP contribution is -2.55. The van der Waals surface area contributed by atoms with Crippen LogP contribution in [0.1, 0.15) is 43.0 Å². The van der Waals surface area contributed by atoms with E-state index in [2.05, 4.69) is 32.7 Å². The Bertz CT molecular complexity index is 1970. The molecule has 2 N–H and O–H groups in total. The van der Waals surface area contributed by atoms with E-state index < -0.39 is 37.1 Å². The van der Waals surface area contributed by atoms with Gasteiger partial charge in [-0.1, -0.05) is 60.7 Å². The third-order valence-corrected chi connectivity index (χ3v) is 14.4. The van der Waals surface area contributed by atoms with Gasteiger partial charge in [-0.3, -0.25) is 19.2 Å². The number of piperidine rings is 1. The first-order valence-electron chi connectivity index (χ1n) is 18.8. The fourth-order valence-electron chi connectivity index (χ4n) is 9.50. The van der Waals surface area contributed by atoms with Crippen LogP contribution in [0.4, 0.5) is 21.2 Å². The first-order valence-corrected chi connectivity index (χ1v) is 21.7. The van der Waals surface area contributed by atoms with E-state index in [4.69, 9.17) is 4.74 Å². The van der Waals surface area contributed by atoms with Crippen LogP contribution in [0.5, 0.6) is 0 Å². The Labute approximate surface area is 310 Å². The molecule has 0 unspecified atom stereocenters. The molecule has 0 bridgehead atoms. The summed E-state index contributed by atoms with van der Waals surface area (Å²) in [7, 11) is -3.41. The summed E-state index contributed by atoms with van der Waals surface area (Å²) in [5.74, 6) is -0.636. The summed E-state index contributed by atoms with van der Waals surface area (Å²) in [4.78, 5) is 35.7. The molecule has 3 saturated heterocycles. The van der Waals surface area contributed by atoms with Crippen molar-refractivity contribution in [2.75, 3.05) is 41.1 Å². The van der Waals surface area contributed by atoms with Crippen LogP contribution in [-0.4, -0.2) is 78.3 Å². The van der Waals surface area contributed by atoms with Gasteiger partial charge in [0.1, 0.15) is 5.54 Å². The number of aromatic nitrogens is 3. The number of aliphatic hydroxyl groups is 1. The molecule has 3 aromatic carbocycles. The van der Waals surface area contributed by atoms with Crippen LogP contribution in [0.2, 0.25) is 18.6 Å². The molecular formula is C40H48FN7O4Si. The third kappa shape index (κ3) is 5.98. The van der Waals surface area contributed by atoms with Crippen molar-refractivity contribution >= 4 is 37.3 Å². The predicted octanol–water partition coefficient (Wildman–Crippen LogP) is 5.16. The maximum absolute atomic E-state index is 16.6. The van der Waals surface area contributed by atoms with Gasteiger partial charge in [0, 0.05) is 54.2 Å². The number of nitrogens with one attached hydrogen (secondary N) is 1. The highest BCUT2D eigenvalue weighted by atomic mass is 28.4. The Morgan fingerprint density at radius 2 is 1.70 bits per heavy atom. The van der Waals surface area contributed by atoms with Crippen molar-refractivity contribution in [1.29, 1.82) is 0 Å². The van der Waals surface area contributed by atoms with E-state index >= 15 is 8.90 Å². The van der Waals surface area contributed by atoms with Crippen LogP contribution in [0.3, 0.4) is 0 Å². The first-order chi connectivity index (χ1) is 25.6. The molecule has 4 aliphatic heterocycles. The van der Waals surface area contributed by atoms with Crippen LogP contribution in [0, 0.1) is 5.92 Å². The molecule has 0 aliphatic carbocycles. The summed E-state index contributed by atoms with van der Waals surface area (Å²) in [5, 5.41) is 21.2. The van der Waals surface area contributed by atoms with Gasteiger partial charge in [-0.2, -0.15) is 0 Å². The number of benzene rings is 3. The number of amides is 2. The second kappa shape index (κ2) is 13.8. The van der Waals surface area contributed by atoms with E-state index in [0.29, 0.717) is 62.4 Å². The molecule has 2 amide bonds. The number of para-hydroxylation sites is 1. The van der Waals surface area contributed by atoms with Gasteiger partial charge in [-0.05, 0) is 81.3 Å². The molecule has 53 heavy (non-hydrogen) atoms. The number of aliphatic hydroxyl groups excluding tert-OH is 1. The van der Waals surface area contributed by atoms with Crippen LogP contribution < -0.4 is 20.0 Å². The highest BCUT2D eigenvalue weighted by Crippen LogP contribution is 2.61. The molecule has 3 fully saturated rings. The average Bonchev–Trinajstić information content (AvgIpc) is 3.87. The number of hydrogen-bond acceptors (Lipinski definition) is 8. The standard InChI is InChI=1S/C40H48FN7O4Si/c1-28-36(53(2,3)41)35(16-22-45-26-30(17-23-49)43-44-45)52-40(28)33-24-32(14-15-34(33)46(38(40)51)25-29-10-6-4-7-11-29)47-27-48(31-12-8-5-9-13-31)39(37(47)50)18-20-42-21-19-39/h4-15,24,26,28,35-36,42,49H,16-23,25,27H2,1-3H3/t28-,35+,36-,40+/m1/s1. The van der Waals surface area contributed by atoms with E-state index in [1.165, 1.54) is 0 Å². The minimum absolute atomic E-state index is 0.0251. The quantitative estimate of drug-likeness (QED) is 0.170. The number of halogens is 1. The molecular weight excluding hydrogens is 690 g/mol. The molecule has 4 aliphatic rings. The number of fused-ring (bicyclic) bond motifs is 2.